The molecule has 0 saturated carbocycles. The van der Waals surface area contributed by atoms with E-state index < -0.39 is 12.0 Å². The van der Waals surface area contributed by atoms with E-state index in [0.29, 0.717) is 5.92 Å². The van der Waals surface area contributed by atoms with E-state index in [2.05, 4.69) is 53.5 Å². The maximum atomic E-state index is 11.8. The normalized spacial score (nSPS) is 13.1. The number of methoxy groups -OCH3 is 1. The SMILES string of the molecule is CC[C@H](C)c1ccc([C@H](NCC(=O)NC(=O)OC)c2cccs2)cc1. The Bertz CT molecular complexity index is 683. The minimum absolute atomic E-state index is 0.0186. The Morgan fingerprint density at radius 2 is 1.84 bits per heavy atom. The summed E-state index contributed by atoms with van der Waals surface area (Å²) in [5.74, 6) is 0.0951. The first-order chi connectivity index (χ1) is 12.0. The molecular formula is C19H24N2O3S. The van der Waals surface area contributed by atoms with Crippen molar-refractivity contribution in [2.24, 2.45) is 0 Å². The fourth-order valence-corrected chi connectivity index (χ4v) is 3.32. The van der Waals surface area contributed by atoms with Gasteiger partial charge in [-0.25, -0.2) is 4.79 Å². The van der Waals surface area contributed by atoms with E-state index in [-0.39, 0.29) is 12.6 Å². The number of hydrogen-bond acceptors (Lipinski definition) is 5. The molecule has 1 aromatic heterocycles. The second kappa shape index (κ2) is 9.34. The average molecular weight is 360 g/mol. The Balaban J connectivity index is 2.11. The number of amides is 2. The van der Waals surface area contributed by atoms with Crippen molar-refractivity contribution < 1.29 is 14.3 Å². The molecule has 0 aliphatic heterocycles. The molecule has 0 aliphatic carbocycles. The molecule has 6 heteroatoms. The lowest BCUT2D eigenvalue weighted by molar-refractivity contribution is -0.119. The highest BCUT2D eigenvalue weighted by Crippen LogP contribution is 2.27. The molecule has 2 aromatic rings. The number of thiophene rings is 1. The van der Waals surface area contributed by atoms with Gasteiger partial charge >= 0.3 is 6.09 Å². The number of alkyl carbamates (subject to hydrolysis) is 1. The summed E-state index contributed by atoms with van der Waals surface area (Å²) in [6.45, 7) is 4.40. The van der Waals surface area contributed by atoms with Gasteiger partial charge in [0.25, 0.3) is 0 Å². The largest absolute Gasteiger partial charge is 0.453 e. The lowest BCUT2D eigenvalue weighted by Crippen LogP contribution is -2.39. The molecule has 0 radical (unpaired) electrons. The number of rotatable bonds is 7. The maximum absolute atomic E-state index is 11.8. The first-order valence-corrected chi connectivity index (χ1v) is 9.17. The van der Waals surface area contributed by atoms with Crippen LogP contribution in [-0.4, -0.2) is 25.7 Å². The second-order valence-corrected chi connectivity index (χ2v) is 6.82. The molecule has 2 N–H and O–H groups in total. The lowest BCUT2D eigenvalue weighted by Gasteiger charge is -2.19. The Labute approximate surface area is 152 Å². The summed E-state index contributed by atoms with van der Waals surface area (Å²) < 4.78 is 4.43. The van der Waals surface area contributed by atoms with Crippen molar-refractivity contribution in [2.45, 2.75) is 32.2 Å². The third-order valence-corrected chi connectivity index (χ3v) is 5.11. The number of carbonyl (C=O) groups excluding carboxylic acids is 2. The number of carbonyl (C=O) groups is 2. The van der Waals surface area contributed by atoms with Crippen LogP contribution >= 0.6 is 11.3 Å². The minimum Gasteiger partial charge on any atom is -0.453 e. The van der Waals surface area contributed by atoms with Gasteiger partial charge < -0.3 is 4.74 Å². The molecule has 1 heterocycles. The van der Waals surface area contributed by atoms with Crippen LogP contribution in [0.2, 0.25) is 0 Å². The summed E-state index contributed by atoms with van der Waals surface area (Å²) in [5, 5.41) is 7.38. The minimum atomic E-state index is -0.752. The van der Waals surface area contributed by atoms with E-state index in [0.717, 1.165) is 16.9 Å². The highest BCUT2D eigenvalue weighted by Gasteiger charge is 2.17. The van der Waals surface area contributed by atoms with E-state index >= 15 is 0 Å². The lowest BCUT2D eigenvalue weighted by atomic mass is 9.95. The van der Waals surface area contributed by atoms with Crippen LogP contribution in [0.5, 0.6) is 0 Å². The molecule has 0 bridgehead atoms. The van der Waals surface area contributed by atoms with Crippen molar-refractivity contribution in [1.29, 1.82) is 0 Å². The van der Waals surface area contributed by atoms with Crippen LogP contribution in [0.25, 0.3) is 0 Å². The van der Waals surface area contributed by atoms with Gasteiger partial charge in [-0.1, -0.05) is 44.2 Å². The van der Waals surface area contributed by atoms with Crippen LogP contribution in [0.15, 0.2) is 41.8 Å². The van der Waals surface area contributed by atoms with Gasteiger partial charge in [-0.3, -0.25) is 15.4 Å². The van der Waals surface area contributed by atoms with Gasteiger partial charge in [0, 0.05) is 4.88 Å². The van der Waals surface area contributed by atoms with Gasteiger partial charge in [-0.15, -0.1) is 11.3 Å². The van der Waals surface area contributed by atoms with Crippen molar-refractivity contribution in [3.8, 4) is 0 Å². The van der Waals surface area contributed by atoms with Gasteiger partial charge in [-0.2, -0.15) is 0 Å². The molecule has 5 nitrogen and oxygen atoms in total. The number of hydrogen-bond donors (Lipinski definition) is 2. The fraction of sp³-hybridized carbons (Fsp3) is 0.368. The first-order valence-electron chi connectivity index (χ1n) is 8.29. The third kappa shape index (κ3) is 5.41. The van der Waals surface area contributed by atoms with Crippen molar-refractivity contribution in [1.82, 2.24) is 10.6 Å². The van der Waals surface area contributed by atoms with Crippen LogP contribution in [0.1, 0.15) is 48.2 Å². The van der Waals surface area contributed by atoms with Crippen LogP contribution in [0.4, 0.5) is 4.79 Å². The molecule has 0 saturated heterocycles. The van der Waals surface area contributed by atoms with Crippen LogP contribution in [-0.2, 0) is 9.53 Å². The molecular weight excluding hydrogens is 336 g/mol. The van der Waals surface area contributed by atoms with Crippen molar-refractivity contribution >= 4 is 23.3 Å². The van der Waals surface area contributed by atoms with Crippen LogP contribution < -0.4 is 10.6 Å². The summed E-state index contributed by atoms with van der Waals surface area (Å²) in [6.07, 6.45) is 0.344. The van der Waals surface area contributed by atoms with Crippen LogP contribution in [0, 0.1) is 0 Å². The molecule has 1 aromatic carbocycles. The smallest absolute Gasteiger partial charge is 0.413 e. The maximum Gasteiger partial charge on any atom is 0.413 e. The first kappa shape index (κ1) is 19.1. The monoisotopic (exact) mass is 360 g/mol. The molecule has 0 aliphatic rings. The Kier molecular flexibility index (Phi) is 7.16. The third-order valence-electron chi connectivity index (χ3n) is 4.17. The quantitative estimate of drug-likeness (QED) is 0.788. The van der Waals surface area contributed by atoms with Gasteiger partial charge in [0.2, 0.25) is 5.91 Å². The van der Waals surface area contributed by atoms with Crippen LogP contribution in [0.3, 0.4) is 0 Å². The number of imide groups is 1. The number of benzene rings is 1. The zero-order valence-corrected chi connectivity index (χ0v) is 15.6. The predicted octanol–water partition coefficient (Wildman–Crippen LogP) is 3.82. The van der Waals surface area contributed by atoms with E-state index in [1.165, 1.54) is 12.7 Å². The van der Waals surface area contributed by atoms with E-state index in [9.17, 15) is 9.59 Å². The van der Waals surface area contributed by atoms with Crippen molar-refractivity contribution in [2.75, 3.05) is 13.7 Å². The zero-order chi connectivity index (χ0) is 18.2. The number of ether oxygens (including phenoxy) is 1. The highest BCUT2D eigenvalue weighted by atomic mass is 32.1. The standard InChI is InChI=1S/C19H24N2O3S/c1-4-13(2)14-7-9-15(10-8-14)18(16-6-5-11-25-16)20-12-17(22)21-19(23)24-3/h5-11,13,18,20H,4,12H2,1-3H3,(H,21,22,23)/t13-,18-/m0/s1. The summed E-state index contributed by atoms with van der Waals surface area (Å²) in [6, 6.07) is 12.4. The Morgan fingerprint density at radius 1 is 1.16 bits per heavy atom. The Hall–Kier alpha value is -2.18. The van der Waals surface area contributed by atoms with Crippen molar-refractivity contribution in [3.05, 3.63) is 57.8 Å². The summed E-state index contributed by atoms with van der Waals surface area (Å²) in [7, 11) is 1.23. The van der Waals surface area contributed by atoms with E-state index in [4.69, 9.17) is 0 Å². The summed E-state index contributed by atoms with van der Waals surface area (Å²) >= 11 is 1.63. The predicted molar refractivity (Wildman–Crippen MR) is 99.9 cm³/mol. The molecule has 134 valence electrons. The molecule has 2 atom stereocenters. The fourth-order valence-electron chi connectivity index (χ4n) is 2.49. The summed E-state index contributed by atoms with van der Waals surface area (Å²) in [5.41, 5.74) is 2.39. The molecule has 25 heavy (non-hydrogen) atoms. The summed E-state index contributed by atoms with van der Waals surface area (Å²) in [4.78, 5) is 24.1. The van der Waals surface area contributed by atoms with Gasteiger partial charge in [0.1, 0.15) is 0 Å². The molecule has 0 fully saturated rings. The van der Waals surface area contributed by atoms with E-state index in [1.807, 2.05) is 17.5 Å². The van der Waals surface area contributed by atoms with Gasteiger partial charge in [0.05, 0.1) is 19.7 Å². The number of nitrogens with one attached hydrogen (secondary N) is 2. The van der Waals surface area contributed by atoms with E-state index in [1.54, 1.807) is 11.3 Å². The molecule has 2 rings (SSSR count). The molecule has 0 spiro atoms. The molecule has 2 amide bonds. The van der Waals surface area contributed by atoms with Gasteiger partial charge in [-0.05, 0) is 34.9 Å². The van der Waals surface area contributed by atoms with Gasteiger partial charge in [0.15, 0.2) is 0 Å². The topological polar surface area (TPSA) is 67.4 Å². The average Bonchev–Trinajstić information content (AvgIpc) is 3.16. The molecule has 0 unspecified atom stereocenters. The highest BCUT2D eigenvalue weighted by molar-refractivity contribution is 7.10. The zero-order valence-electron chi connectivity index (χ0n) is 14.7. The Morgan fingerprint density at radius 3 is 2.40 bits per heavy atom. The van der Waals surface area contributed by atoms with Crippen molar-refractivity contribution in [3.63, 3.8) is 0 Å². The second-order valence-electron chi connectivity index (χ2n) is 5.85.